The predicted molar refractivity (Wildman–Crippen MR) is 130 cm³/mol. The second-order valence-electron chi connectivity index (χ2n) is 8.88. The van der Waals surface area contributed by atoms with Crippen LogP contribution < -0.4 is 0 Å². The van der Waals surface area contributed by atoms with Crippen LogP contribution in [0.3, 0.4) is 0 Å². The molecule has 0 aromatic heterocycles. The third kappa shape index (κ3) is 11.5. The Hall–Kier alpha value is -3.13. The molecule has 0 radical (unpaired) electrons. The first-order valence-electron chi connectivity index (χ1n) is 11.9. The van der Waals surface area contributed by atoms with Crippen LogP contribution in [-0.2, 0) is 20.8 Å². The van der Waals surface area contributed by atoms with Crippen LogP contribution in [0.2, 0.25) is 0 Å². The summed E-state index contributed by atoms with van der Waals surface area (Å²) in [5.74, 6) is -2.81. The summed E-state index contributed by atoms with van der Waals surface area (Å²) in [6.45, 7) is 4.37. The molecule has 1 heterocycles. The zero-order chi connectivity index (χ0) is 26.5. The van der Waals surface area contributed by atoms with Crippen LogP contribution in [0.4, 0.5) is 5.69 Å². The lowest BCUT2D eigenvalue weighted by molar-refractivity contribution is -0.384. The molecule has 1 saturated heterocycles. The van der Waals surface area contributed by atoms with E-state index in [1.165, 1.54) is 12.1 Å². The lowest BCUT2D eigenvalue weighted by Gasteiger charge is -2.28. The van der Waals surface area contributed by atoms with Gasteiger partial charge < -0.3 is 15.3 Å². The first-order chi connectivity index (χ1) is 17.1. The van der Waals surface area contributed by atoms with Crippen molar-refractivity contribution in [3.63, 3.8) is 0 Å². The highest BCUT2D eigenvalue weighted by Gasteiger charge is 2.20. The second-order valence-corrected chi connectivity index (χ2v) is 8.88. The van der Waals surface area contributed by atoms with Crippen molar-refractivity contribution in [3.8, 4) is 0 Å². The first kappa shape index (κ1) is 29.1. The Morgan fingerprint density at radius 2 is 1.31 bits per heavy atom. The van der Waals surface area contributed by atoms with Gasteiger partial charge in [0, 0.05) is 64.5 Å². The van der Waals surface area contributed by atoms with Gasteiger partial charge in [-0.3, -0.25) is 44.1 Å². The van der Waals surface area contributed by atoms with Crippen molar-refractivity contribution in [3.05, 3.63) is 39.9 Å². The SMILES string of the molecule is O=C(O)CN(CCCc1ccc([N+](=O)[O-])cc1)CCN1CCN(CC(=O)O)CCN(CC(=O)O)CC1. The lowest BCUT2D eigenvalue weighted by atomic mass is 10.1. The summed E-state index contributed by atoms with van der Waals surface area (Å²) in [5.41, 5.74) is 0.965. The zero-order valence-corrected chi connectivity index (χ0v) is 20.3. The molecule has 1 aromatic rings. The zero-order valence-electron chi connectivity index (χ0n) is 20.3. The second kappa shape index (κ2) is 15.1. The molecular weight excluding hydrogens is 474 g/mol. The van der Waals surface area contributed by atoms with E-state index in [0.29, 0.717) is 71.7 Å². The average molecular weight is 510 g/mol. The summed E-state index contributed by atoms with van der Waals surface area (Å²) in [6.07, 6.45) is 1.34. The Morgan fingerprint density at radius 3 is 1.75 bits per heavy atom. The number of rotatable bonds is 14. The maximum Gasteiger partial charge on any atom is 0.317 e. The van der Waals surface area contributed by atoms with Crippen molar-refractivity contribution >= 4 is 23.6 Å². The number of benzene rings is 1. The molecule has 1 aromatic carbocycles. The van der Waals surface area contributed by atoms with Crippen LogP contribution >= 0.6 is 0 Å². The molecule has 200 valence electrons. The van der Waals surface area contributed by atoms with Gasteiger partial charge in [0.15, 0.2) is 0 Å². The number of nitro benzene ring substituents is 1. The molecule has 36 heavy (non-hydrogen) atoms. The van der Waals surface area contributed by atoms with Crippen molar-refractivity contribution in [2.24, 2.45) is 0 Å². The molecule has 3 N–H and O–H groups in total. The van der Waals surface area contributed by atoms with E-state index in [1.807, 2.05) is 4.90 Å². The predicted octanol–water partition coefficient (Wildman–Crippen LogP) is 0.00280. The number of nitro groups is 1. The summed E-state index contributed by atoms with van der Waals surface area (Å²) < 4.78 is 0. The lowest BCUT2D eigenvalue weighted by Crippen LogP contribution is -2.43. The molecule has 13 heteroatoms. The van der Waals surface area contributed by atoms with Crippen molar-refractivity contribution in [2.75, 3.05) is 78.5 Å². The monoisotopic (exact) mass is 509 g/mol. The van der Waals surface area contributed by atoms with Gasteiger partial charge in [-0.05, 0) is 24.9 Å². The van der Waals surface area contributed by atoms with Gasteiger partial charge >= 0.3 is 17.9 Å². The fourth-order valence-corrected chi connectivity index (χ4v) is 4.14. The van der Waals surface area contributed by atoms with E-state index < -0.39 is 22.8 Å². The standard InChI is InChI=1S/C23H35N5O8/c29-21(30)16-25(7-1-2-19-3-5-20(6-4-19)28(35)36)11-8-24-9-12-26(17-22(31)32)14-15-27(13-10-24)18-23(33)34/h3-6H,1-2,7-18H2,(H,29,30)(H,31,32)(H,33,34). The van der Waals surface area contributed by atoms with Crippen LogP contribution in [0.1, 0.15) is 12.0 Å². The van der Waals surface area contributed by atoms with Gasteiger partial charge in [0.25, 0.3) is 5.69 Å². The minimum Gasteiger partial charge on any atom is -0.480 e. The highest BCUT2D eigenvalue weighted by atomic mass is 16.6. The van der Waals surface area contributed by atoms with Gasteiger partial charge in [0.1, 0.15) is 0 Å². The number of non-ortho nitro benzene ring substituents is 1. The van der Waals surface area contributed by atoms with Crippen LogP contribution in [0.15, 0.2) is 24.3 Å². The molecule has 0 aliphatic carbocycles. The Balaban J connectivity index is 1.92. The van der Waals surface area contributed by atoms with Crippen LogP contribution in [0.5, 0.6) is 0 Å². The smallest absolute Gasteiger partial charge is 0.317 e. The first-order valence-corrected chi connectivity index (χ1v) is 11.9. The van der Waals surface area contributed by atoms with Gasteiger partial charge in [0.05, 0.1) is 24.6 Å². The third-order valence-electron chi connectivity index (χ3n) is 6.09. The summed E-state index contributed by atoms with van der Waals surface area (Å²) in [4.78, 5) is 51.7. The van der Waals surface area contributed by atoms with Gasteiger partial charge in [-0.25, -0.2) is 0 Å². The Morgan fingerprint density at radius 1 is 0.806 bits per heavy atom. The van der Waals surface area contributed by atoms with E-state index in [-0.39, 0.29) is 25.3 Å². The largest absolute Gasteiger partial charge is 0.480 e. The number of carbonyl (C=O) groups is 3. The van der Waals surface area contributed by atoms with Gasteiger partial charge in [-0.15, -0.1) is 0 Å². The fraction of sp³-hybridized carbons (Fsp3) is 0.609. The summed E-state index contributed by atoms with van der Waals surface area (Å²) in [6, 6.07) is 6.31. The van der Waals surface area contributed by atoms with Crippen LogP contribution in [-0.4, -0.2) is 136 Å². The Bertz CT molecular complexity index is 854. The van der Waals surface area contributed by atoms with Crippen LogP contribution in [0, 0.1) is 10.1 Å². The molecule has 0 saturated carbocycles. The topological polar surface area (TPSA) is 168 Å². The highest BCUT2D eigenvalue weighted by molar-refractivity contribution is 5.69. The minimum absolute atomic E-state index is 0.0270. The number of nitrogens with zero attached hydrogens (tertiary/aromatic N) is 5. The Kier molecular flexibility index (Phi) is 12.2. The normalized spacial score (nSPS) is 16.2. The maximum atomic E-state index is 11.4. The number of hydrogen-bond acceptors (Lipinski definition) is 9. The number of hydrogen-bond donors (Lipinski definition) is 3. The van der Waals surface area contributed by atoms with Gasteiger partial charge in [-0.2, -0.15) is 0 Å². The highest BCUT2D eigenvalue weighted by Crippen LogP contribution is 2.13. The summed E-state index contributed by atoms with van der Waals surface area (Å²) in [5, 5.41) is 38.5. The van der Waals surface area contributed by atoms with Crippen molar-refractivity contribution in [1.29, 1.82) is 0 Å². The Labute approximate surface area is 209 Å². The third-order valence-corrected chi connectivity index (χ3v) is 6.09. The minimum atomic E-state index is -0.939. The molecule has 0 bridgehead atoms. The van der Waals surface area contributed by atoms with E-state index in [4.69, 9.17) is 0 Å². The van der Waals surface area contributed by atoms with Crippen molar-refractivity contribution in [2.45, 2.75) is 12.8 Å². The molecule has 13 nitrogen and oxygen atoms in total. The molecule has 1 aliphatic heterocycles. The molecule has 1 fully saturated rings. The quantitative estimate of drug-likeness (QED) is 0.227. The van der Waals surface area contributed by atoms with Gasteiger partial charge in [0.2, 0.25) is 0 Å². The summed E-state index contributed by atoms with van der Waals surface area (Å²) >= 11 is 0. The van der Waals surface area contributed by atoms with E-state index >= 15 is 0 Å². The van der Waals surface area contributed by atoms with E-state index in [2.05, 4.69) is 4.90 Å². The van der Waals surface area contributed by atoms with E-state index in [1.54, 1.807) is 21.9 Å². The number of carboxylic acid groups (broad SMARTS) is 3. The fourth-order valence-electron chi connectivity index (χ4n) is 4.14. The number of aryl methyl sites for hydroxylation is 1. The molecule has 1 aliphatic rings. The molecular formula is C23H35N5O8. The molecule has 0 atom stereocenters. The summed E-state index contributed by atoms with van der Waals surface area (Å²) in [7, 11) is 0. The molecule has 2 rings (SSSR count). The van der Waals surface area contributed by atoms with Crippen molar-refractivity contribution < 1.29 is 34.6 Å². The molecule has 0 spiro atoms. The molecule has 0 amide bonds. The van der Waals surface area contributed by atoms with Crippen molar-refractivity contribution in [1.82, 2.24) is 19.6 Å². The van der Waals surface area contributed by atoms with E-state index in [9.17, 15) is 39.8 Å². The average Bonchev–Trinajstić information content (AvgIpc) is 2.88. The number of aliphatic carboxylic acids is 3. The van der Waals surface area contributed by atoms with Gasteiger partial charge in [-0.1, -0.05) is 12.1 Å². The van der Waals surface area contributed by atoms with E-state index in [0.717, 1.165) is 5.56 Å². The molecule has 0 unspecified atom stereocenters. The maximum absolute atomic E-state index is 11.4. The number of carboxylic acids is 3. The van der Waals surface area contributed by atoms with Crippen LogP contribution in [0.25, 0.3) is 0 Å².